The fraction of sp³-hybridized carbons (Fsp3) is 0.0833. The quantitative estimate of drug-likeness (QED) is 0.231. The number of fused-ring (bicyclic) bond motifs is 3. The number of hydrazone groups is 1. The van der Waals surface area contributed by atoms with E-state index in [1.165, 1.54) is 0 Å². The maximum atomic E-state index is 5.98. The standard InChI is InChI=1S/C24H19BrN6O2/c1-32-20-12-16(11-18(25)22(20)33-14-15-7-3-2-4-8-15)13-26-30-24-28-23-21(29-31-24)17-9-5-6-10-19(17)27-23/h2-13H,14H2,1H3,(H2,27,28,30,31)/b26-13+. The van der Waals surface area contributed by atoms with Gasteiger partial charge in [-0.15, -0.1) is 10.2 Å². The summed E-state index contributed by atoms with van der Waals surface area (Å²) in [5.41, 5.74) is 7.03. The molecule has 0 saturated carbocycles. The van der Waals surface area contributed by atoms with Crippen LogP contribution in [0.2, 0.25) is 0 Å². The van der Waals surface area contributed by atoms with Crippen LogP contribution in [0, 0.1) is 0 Å². The lowest BCUT2D eigenvalue weighted by Crippen LogP contribution is -2.01. The van der Waals surface area contributed by atoms with Gasteiger partial charge in [-0.25, -0.2) is 5.43 Å². The lowest BCUT2D eigenvalue weighted by Gasteiger charge is -2.13. The van der Waals surface area contributed by atoms with Gasteiger partial charge < -0.3 is 14.5 Å². The zero-order chi connectivity index (χ0) is 22.6. The summed E-state index contributed by atoms with van der Waals surface area (Å²) < 4.78 is 12.3. The topological polar surface area (TPSA) is 97.3 Å². The maximum Gasteiger partial charge on any atom is 0.265 e. The highest BCUT2D eigenvalue weighted by atomic mass is 79.9. The van der Waals surface area contributed by atoms with E-state index in [9.17, 15) is 0 Å². The third-order valence-corrected chi connectivity index (χ3v) is 5.57. The molecule has 0 aliphatic carbocycles. The van der Waals surface area contributed by atoms with Crippen molar-refractivity contribution in [2.24, 2.45) is 5.10 Å². The molecule has 8 nitrogen and oxygen atoms in total. The highest BCUT2D eigenvalue weighted by Crippen LogP contribution is 2.36. The molecule has 0 aliphatic heterocycles. The normalized spacial score (nSPS) is 11.3. The lowest BCUT2D eigenvalue weighted by molar-refractivity contribution is 0.282. The fourth-order valence-electron chi connectivity index (χ4n) is 3.42. The number of nitrogens with one attached hydrogen (secondary N) is 2. The van der Waals surface area contributed by atoms with Gasteiger partial charge in [0.1, 0.15) is 12.1 Å². The number of halogens is 1. The molecule has 0 spiro atoms. The molecular weight excluding hydrogens is 484 g/mol. The number of rotatable bonds is 7. The number of anilines is 1. The Morgan fingerprint density at radius 2 is 1.88 bits per heavy atom. The summed E-state index contributed by atoms with van der Waals surface area (Å²) in [7, 11) is 1.60. The van der Waals surface area contributed by atoms with Crippen molar-refractivity contribution in [3.05, 3.63) is 82.3 Å². The minimum atomic E-state index is 0.291. The van der Waals surface area contributed by atoms with Gasteiger partial charge in [-0.05, 0) is 45.3 Å². The minimum absolute atomic E-state index is 0.291. The number of hydrogen-bond donors (Lipinski definition) is 2. The van der Waals surface area contributed by atoms with Crippen molar-refractivity contribution in [1.82, 2.24) is 20.2 Å². The van der Waals surface area contributed by atoms with E-state index in [1.807, 2.05) is 66.7 Å². The molecular formula is C24H19BrN6O2. The van der Waals surface area contributed by atoms with E-state index >= 15 is 0 Å². The number of para-hydroxylation sites is 1. The number of aromatic amines is 1. The number of aromatic nitrogens is 4. The molecule has 9 heteroatoms. The van der Waals surface area contributed by atoms with Crippen molar-refractivity contribution in [2.75, 3.05) is 12.5 Å². The van der Waals surface area contributed by atoms with Crippen LogP contribution in [0.4, 0.5) is 5.95 Å². The largest absolute Gasteiger partial charge is 0.493 e. The molecule has 2 N–H and O–H groups in total. The molecule has 0 radical (unpaired) electrons. The molecule has 0 aliphatic rings. The van der Waals surface area contributed by atoms with Gasteiger partial charge in [0, 0.05) is 10.9 Å². The van der Waals surface area contributed by atoms with Crippen molar-refractivity contribution in [2.45, 2.75) is 6.61 Å². The molecule has 0 bridgehead atoms. The second-order valence-electron chi connectivity index (χ2n) is 7.18. The molecule has 2 heterocycles. The van der Waals surface area contributed by atoms with Gasteiger partial charge in [0.15, 0.2) is 17.1 Å². The summed E-state index contributed by atoms with van der Waals surface area (Å²) in [5.74, 6) is 1.52. The SMILES string of the molecule is COc1cc(/C=N/Nc2nnc3c(n2)[nH]c2ccccc23)cc(Br)c1OCc1ccccc1. The number of nitrogens with zero attached hydrogens (tertiary/aromatic N) is 4. The summed E-state index contributed by atoms with van der Waals surface area (Å²) >= 11 is 3.57. The number of benzene rings is 3. The van der Waals surface area contributed by atoms with Gasteiger partial charge in [-0.3, -0.25) is 0 Å². The molecule has 5 aromatic rings. The van der Waals surface area contributed by atoms with Crippen LogP contribution in [0.1, 0.15) is 11.1 Å². The molecule has 164 valence electrons. The molecule has 0 amide bonds. The van der Waals surface area contributed by atoms with Crippen LogP contribution < -0.4 is 14.9 Å². The van der Waals surface area contributed by atoms with E-state index < -0.39 is 0 Å². The van der Waals surface area contributed by atoms with Crippen LogP contribution in [0.25, 0.3) is 22.1 Å². The second-order valence-corrected chi connectivity index (χ2v) is 8.04. The Labute approximate surface area is 197 Å². The second kappa shape index (κ2) is 9.25. The van der Waals surface area contributed by atoms with Gasteiger partial charge >= 0.3 is 0 Å². The average molecular weight is 503 g/mol. The third-order valence-electron chi connectivity index (χ3n) is 4.98. The Hall–Kier alpha value is -3.98. The smallest absolute Gasteiger partial charge is 0.265 e. The van der Waals surface area contributed by atoms with Crippen LogP contribution in [-0.2, 0) is 6.61 Å². The van der Waals surface area contributed by atoms with E-state index in [1.54, 1.807) is 13.3 Å². The van der Waals surface area contributed by atoms with E-state index in [-0.39, 0.29) is 0 Å². The number of methoxy groups -OCH3 is 1. The molecule has 33 heavy (non-hydrogen) atoms. The summed E-state index contributed by atoms with van der Waals surface area (Å²) in [5, 5.41) is 13.6. The molecule has 5 rings (SSSR count). The minimum Gasteiger partial charge on any atom is -0.493 e. The average Bonchev–Trinajstić information content (AvgIpc) is 3.21. The Morgan fingerprint density at radius 3 is 2.73 bits per heavy atom. The van der Waals surface area contributed by atoms with E-state index in [2.05, 4.69) is 46.6 Å². The Bertz CT molecular complexity index is 1450. The first-order chi connectivity index (χ1) is 16.2. The van der Waals surface area contributed by atoms with E-state index in [4.69, 9.17) is 9.47 Å². The number of H-pyrrole nitrogens is 1. The molecule has 0 saturated heterocycles. The van der Waals surface area contributed by atoms with Crippen molar-refractivity contribution in [1.29, 1.82) is 0 Å². The maximum absolute atomic E-state index is 5.98. The van der Waals surface area contributed by atoms with Crippen molar-refractivity contribution < 1.29 is 9.47 Å². The van der Waals surface area contributed by atoms with Gasteiger partial charge in [-0.2, -0.15) is 10.1 Å². The zero-order valence-electron chi connectivity index (χ0n) is 17.6. The highest BCUT2D eigenvalue weighted by Gasteiger charge is 2.12. The van der Waals surface area contributed by atoms with E-state index in [0.29, 0.717) is 29.7 Å². The first-order valence-electron chi connectivity index (χ1n) is 10.2. The summed E-state index contributed by atoms with van der Waals surface area (Å²) in [6.45, 7) is 0.436. The summed E-state index contributed by atoms with van der Waals surface area (Å²) in [6.07, 6.45) is 1.65. The van der Waals surface area contributed by atoms with Crippen LogP contribution in [0.3, 0.4) is 0 Å². The van der Waals surface area contributed by atoms with Gasteiger partial charge in [0.25, 0.3) is 5.95 Å². The van der Waals surface area contributed by atoms with Crippen molar-refractivity contribution >= 4 is 50.2 Å². The monoisotopic (exact) mass is 502 g/mol. The summed E-state index contributed by atoms with van der Waals surface area (Å²) in [6, 6.07) is 21.6. The predicted molar refractivity (Wildman–Crippen MR) is 132 cm³/mol. The third kappa shape index (κ3) is 4.49. The number of ether oxygens (including phenoxy) is 2. The van der Waals surface area contributed by atoms with Gasteiger partial charge in [0.2, 0.25) is 0 Å². The summed E-state index contributed by atoms with van der Waals surface area (Å²) in [4.78, 5) is 7.69. The van der Waals surface area contributed by atoms with Gasteiger partial charge in [-0.1, -0.05) is 48.5 Å². The van der Waals surface area contributed by atoms with Crippen molar-refractivity contribution in [3.8, 4) is 11.5 Å². The van der Waals surface area contributed by atoms with Crippen molar-refractivity contribution in [3.63, 3.8) is 0 Å². The Balaban J connectivity index is 1.31. The van der Waals surface area contributed by atoms with Crippen LogP contribution in [0.5, 0.6) is 11.5 Å². The fourth-order valence-corrected chi connectivity index (χ4v) is 3.99. The van der Waals surface area contributed by atoms with Crippen LogP contribution in [-0.4, -0.2) is 33.5 Å². The van der Waals surface area contributed by atoms with Crippen LogP contribution in [0.15, 0.2) is 76.3 Å². The Morgan fingerprint density at radius 1 is 1.06 bits per heavy atom. The Kier molecular flexibility index (Phi) is 5.86. The first-order valence-corrected chi connectivity index (χ1v) is 10.9. The number of hydrogen-bond acceptors (Lipinski definition) is 7. The molecule has 0 fully saturated rings. The highest BCUT2D eigenvalue weighted by molar-refractivity contribution is 9.10. The predicted octanol–water partition coefficient (Wildman–Crippen LogP) is 5.30. The molecule has 0 atom stereocenters. The molecule has 3 aromatic carbocycles. The lowest BCUT2D eigenvalue weighted by atomic mass is 10.2. The first kappa shape index (κ1) is 20.9. The van der Waals surface area contributed by atoms with Gasteiger partial charge in [0.05, 0.1) is 17.8 Å². The molecule has 2 aromatic heterocycles. The zero-order valence-corrected chi connectivity index (χ0v) is 19.2. The molecule has 0 unspecified atom stereocenters. The van der Waals surface area contributed by atoms with Crippen LogP contribution >= 0.6 is 15.9 Å². The van der Waals surface area contributed by atoms with E-state index in [0.717, 1.165) is 32.0 Å².